The average Bonchev–Trinajstić information content (AvgIpc) is 2.54. The molecule has 0 saturated heterocycles. The Morgan fingerprint density at radius 3 is 2.76 bits per heavy atom. The Hall–Kier alpha value is -2.27. The van der Waals surface area contributed by atoms with Gasteiger partial charge in [-0.25, -0.2) is 0 Å². The summed E-state index contributed by atoms with van der Waals surface area (Å²) in [6, 6.07) is 17.7. The maximum atomic E-state index is 5.82. The van der Waals surface area contributed by atoms with Gasteiger partial charge >= 0.3 is 0 Å². The Labute approximate surface area is 128 Å². The van der Waals surface area contributed by atoms with Crippen molar-refractivity contribution in [2.75, 3.05) is 7.11 Å². The molecule has 0 radical (unpaired) electrons. The van der Waals surface area contributed by atoms with Crippen LogP contribution in [-0.4, -0.2) is 18.5 Å². The van der Waals surface area contributed by atoms with Gasteiger partial charge in [-0.05, 0) is 23.3 Å². The number of amidine groups is 1. The number of methoxy groups -OCH3 is 1. The van der Waals surface area contributed by atoms with Crippen molar-refractivity contribution in [2.24, 2.45) is 15.9 Å². The summed E-state index contributed by atoms with van der Waals surface area (Å²) in [6.07, 6.45) is 1.65. The number of hydrogen-bond acceptors (Lipinski definition) is 4. The average molecular weight is 299 g/mol. The maximum absolute atomic E-state index is 5.82. The first-order valence-electron chi connectivity index (χ1n) is 6.45. The molecule has 0 aliphatic heterocycles. The molecule has 2 aromatic carbocycles. The number of hydrogen-bond donors (Lipinski definition) is 1. The molecule has 2 aromatic rings. The van der Waals surface area contributed by atoms with E-state index in [2.05, 4.69) is 22.3 Å². The lowest BCUT2D eigenvalue weighted by Gasteiger charge is -2.00. The summed E-state index contributed by atoms with van der Waals surface area (Å²) in [5, 5.41) is 8.41. The standard InChI is InChI=1S/C16H17N3OS/c1-20-15-9-5-8-14(10-15)11-18-19-16(17)21-12-13-6-3-2-4-7-13/h2-11H,12H2,1H3,(H2,17,19). The zero-order valence-corrected chi connectivity index (χ0v) is 12.6. The molecule has 0 saturated carbocycles. The van der Waals surface area contributed by atoms with E-state index in [1.54, 1.807) is 13.3 Å². The smallest absolute Gasteiger partial charge is 0.180 e. The van der Waals surface area contributed by atoms with Crippen LogP contribution in [0.15, 0.2) is 64.8 Å². The maximum Gasteiger partial charge on any atom is 0.180 e. The van der Waals surface area contributed by atoms with Gasteiger partial charge < -0.3 is 10.5 Å². The van der Waals surface area contributed by atoms with Crippen LogP contribution in [0.5, 0.6) is 5.75 Å². The van der Waals surface area contributed by atoms with Gasteiger partial charge in [0.1, 0.15) is 5.75 Å². The summed E-state index contributed by atoms with van der Waals surface area (Å²) in [5.74, 6) is 1.57. The van der Waals surface area contributed by atoms with E-state index in [9.17, 15) is 0 Å². The molecule has 0 aliphatic carbocycles. The van der Waals surface area contributed by atoms with Crippen molar-refractivity contribution in [3.8, 4) is 5.75 Å². The van der Waals surface area contributed by atoms with Gasteiger partial charge in [0.2, 0.25) is 0 Å². The second-order valence-electron chi connectivity index (χ2n) is 4.23. The summed E-state index contributed by atoms with van der Waals surface area (Å²) >= 11 is 1.46. The van der Waals surface area contributed by atoms with Crippen LogP contribution >= 0.6 is 11.8 Å². The molecule has 4 nitrogen and oxygen atoms in total. The zero-order chi connectivity index (χ0) is 14.9. The van der Waals surface area contributed by atoms with Crippen molar-refractivity contribution in [1.29, 1.82) is 0 Å². The molecule has 0 atom stereocenters. The number of nitrogens with two attached hydrogens (primary N) is 1. The Bertz CT molecular complexity index is 626. The molecule has 0 aliphatic rings. The van der Waals surface area contributed by atoms with E-state index in [4.69, 9.17) is 10.5 Å². The first-order valence-corrected chi connectivity index (χ1v) is 7.44. The highest BCUT2D eigenvalue weighted by Gasteiger charge is 1.96. The first kappa shape index (κ1) is 15.1. The quantitative estimate of drug-likeness (QED) is 0.523. The van der Waals surface area contributed by atoms with Crippen molar-refractivity contribution < 1.29 is 4.74 Å². The Morgan fingerprint density at radius 1 is 1.19 bits per heavy atom. The molecule has 5 heteroatoms. The van der Waals surface area contributed by atoms with Gasteiger partial charge in [-0.1, -0.05) is 54.2 Å². The molecule has 0 heterocycles. The molecule has 21 heavy (non-hydrogen) atoms. The lowest BCUT2D eigenvalue weighted by molar-refractivity contribution is 0.415. The molecule has 0 amide bonds. The van der Waals surface area contributed by atoms with E-state index in [1.165, 1.54) is 17.3 Å². The third kappa shape index (κ3) is 5.31. The molecular formula is C16H17N3OS. The highest BCUT2D eigenvalue weighted by Crippen LogP contribution is 2.12. The van der Waals surface area contributed by atoms with E-state index in [-0.39, 0.29) is 0 Å². The fraction of sp³-hybridized carbons (Fsp3) is 0.125. The second-order valence-corrected chi connectivity index (χ2v) is 5.23. The van der Waals surface area contributed by atoms with Gasteiger partial charge in [-0.2, -0.15) is 5.10 Å². The van der Waals surface area contributed by atoms with Crippen LogP contribution in [0.3, 0.4) is 0 Å². The van der Waals surface area contributed by atoms with Crippen molar-refractivity contribution >= 4 is 23.1 Å². The van der Waals surface area contributed by atoms with Crippen LogP contribution in [0.25, 0.3) is 0 Å². The van der Waals surface area contributed by atoms with Gasteiger partial charge in [-0.3, -0.25) is 0 Å². The predicted octanol–water partition coefficient (Wildman–Crippen LogP) is 3.28. The third-order valence-electron chi connectivity index (χ3n) is 2.69. The molecule has 0 aromatic heterocycles. The minimum Gasteiger partial charge on any atom is -0.497 e. The molecule has 0 spiro atoms. The fourth-order valence-corrected chi connectivity index (χ4v) is 2.25. The summed E-state index contributed by atoms with van der Waals surface area (Å²) in [7, 11) is 1.63. The van der Waals surface area contributed by atoms with Crippen LogP contribution in [0, 0.1) is 0 Å². The van der Waals surface area contributed by atoms with Gasteiger partial charge in [0.15, 0.2) is 5.17 Å². The molecule has 0 fully saturated rings. The number of rotatable bonds is 5. The van der Waals surface area contributed by atoms with Crippen molar-refractivity contribution in [2.45, 2.75) is 5.75 Å². The van der Waals surface area contributed by atoms with E-state index in [0.717, 1.165) is 17.1 Å². The molecule has 2 N–H and O–H groups in total. The van der Waals surface area contributed by atoms with Gasteiger partial charge in [0, 0.05) is 5.75 Å². The van der Waals surface area contributed by atoms with Gasteiger partial charge in [0.05, 0.1) is 13.3 Å². The second kappa shape index (κ2) is 8.11. The fourth-order valence-electron chi connectivity index (χ4n) is 1.63. The number of thioether (sulfide) groups is 1. The summed E-state index contributed by atoms with van der Waals surface area (Å²) in [5.41, 5.74) is 7.94. The lowest BCUT2D eigenvalue weighted by atomic mass is 10.2. The highest BCUT2D eigenvalue weighted by atomic mass is 32.2. The molecular weight excluding hydrogens is 282 g/mol. The third-order valence-corrected chi connectivity index (χ3v) is 3.54. The predicted molar refractivity (Wildman–Crippen MR) is 89.9 cm³/mol. The number of benzene rings is 2. The van der Waals surface area contributed by atoms with Gasteiger partial charge in [-0.15, -0.1) is 5.10 Å². The van der Waals surface area contributed by atoms with Crippen molar-refractivity contribution in [1.82, 2.24) is 0 Å². The first-order chi connectivity index (χ1) is 10.3. The van der Waals surface area contributed by atoms with Crippen LogP contribution in [0.2, 0.25) is 0 Å². The van der Waals surface area contributed by atoms with E-state index in [1.807, 2.05) is 42.5 Å². The van der Waals surface area contributed by atoms with Crippen molar-refractivity contribution in [3.05, 3.63) is 65.7 Å². The van der Waals surface area contributed by atoms with Gasteiger partial charge in [0.25, 0.3) is 0 Å². The molecule has 2 rings (SSSR count). The van der Waals surface area contributed by atoms with Crippen LogP contribution < -0.4 is 10.5 Å². The van der Waals surface area contributed by atoms with Crippen LogP contribution in [0.1, 0.15) is 11.1 Å². The molecule has 0 unspecified atom stereocenters. The SMILES string of the molecule is COc1cccc(C=NN=C(N)SCc2ccccc2)c1. The van der Waals surface area contributed by atoms with Crippen LogP contribution in [0.4, 0.5) is 0 Å². The minimum atomic E-state index is 0.443. The lowest BCUT2D eigenvalue weighted by Crippen LogP contribution is -2.05. The summed E-state index contributed by atoms with van der Waals surface area (Å²) < 4.78 is 5.14. The largest absolute Gasteiger partial charge is 0.497 e. The van der Waals surface area contributed by atoms with E-state index in [0.29, 0.717) is 5.17 Å². The zero-order valence-electron chi connectivity index (χ0n) is 11.8. The normalized spacial score (nSPS) is 11.8. The number of nitrogens with zero attached hydrogens (tertiary/aromatic N) is 2. The Balaban J connectivity index is 1.88. The minimum absolute atomic E-state index is 0.443. The molecule has 108 valence electrons. The topological polar surface area (TPSA) is 60.0 Å². The van der Waals surface area contributed by atoms with Crippen LogP contribution in [-0.2, 0) is 5.75 Å². The van der Waals surface area contributed by atoms with E-state index >= 15 is 0 Å². The van der Waals surface area contributed by atoms with Crippen molar-refractivity contribution in [3.63, 3.8) is 0 Å². The van der Waals surface area contributed by atoms with E-state index < -0.39 is 0 Å². The molecule has 0 bridgehead atoms. The summed E-state index contributed by atoms with van der Waals surface area (Å²) in [4.78, 5) is 0. The Kier molecular flexibility index (Phi) is 5.84. The highest BCUT2D eigenvalue weighted by molar-refractivity contribution is 8.13. The number of ether oxygens (including phenoxy) is 1. The monoisotopic (exact) mass is 299 g/mol. The summed E-state index contributed by atoms with van der Waals surface area (Å²) in [6.45, 7) is 0. The Morgan fingerprint density at radius 2 is 2.00 bits per heavy atom.